The van der Waals surface area contributed by atoms with E-state index in [1.54, 1.807) is 107 Å². The second kappa shape index (κ2) is 24.0. The monoisotopic (exact) mass is 919 g/mol. The van der Waals surface area contributed by atoms with E-state index in [0.717, 1.165) is 16.7 Å². The SMILES string of the molecule is CC(C)(C)OC(=O)CO.Cc1cc(C)c(S(=O)(=O)Cl)c(C)c1.Cc1cc(C)c(S(=O)(=O)OCC(=O)OC(C)(C)C)c(C)c1.Cc1cc(C)c(S(=O)(=O)ON)c(C)c1.[H-].[K+]. The van der Waals surface area contributed by atoms with Crippen molar-refractivity contribution in [1.82, 2.24) is 0 Å². The number of esters is 2. The van der Waals surface area contributed by atoms with E-state index in [1.807, 2.05) is 32.9 Å². The maximum absolute atomic E-state index is 12.2. The number of aryl methyl sites for hydroxylation is 9. The van der Waals surface area contributed by atoms with Gasteiger partial charge in [-0.1, -0.05) is 53.1 Å². The molecule has 0 heterocycles. The third kappa shape index (κ3) is 21.1. The second-order valence-electron chi connectivity index (χ2n) is 15.2. The molecular formula is C39H59ClKNO13S3. The Morgan fingerprint density at radius 2 is 0.862 bits per heavy atom. The number of hydrogen-bond acceptors (Lipinski definition) is 14. The second-order valence-corrected chi connectivity index (χ2v) is 20.8. The normalized spacial score (nSPS) is 11.6. The number of benzene rings is 3. The van der Waals surface area contributed by atoms with Crippen molar-refractivity contribution in [2.24, 2.45) is 5.90 Å². The van der Waals surface area contributed by atoms with Crippen LogP contribution in [-0.4, -0.2) is 66.7 Å². The first kappa shape index (κ1) is 58.3. The molecule has 0 atom stereocenters. The van der Waals surface area contributed by atoms with Gasteiger partial charge in [-0.2, -0.15) is 27.0 Å². The minimum absolute atomic E-state index is 0. The molecule has 0 aliphatic rings. The molecule has 14 nitrogen and oxygen atoms in total. The third-order valence-electron chi connectivity index (χ3n) is 6.99. The van der Waals surface area contributed by atoms with Gasteiger partial charge < -0.3 is 16.0 Å². The summed E-state index contributed by atoms with van der Waals surface area (Å²) in [4.78, 5) is 22.4. The molecule has 3 aromatic rings. The fourth-order valence-electron chi connectivity index (χ4n) is 5.65. The van der Waals surface area contributed by atoms with Crippen molar-refractivity contribution in [2.45, 2.75) is 130 Å². The van der Waals surface area contributed by atoms with Gasteiger partial charge in [0.1, 0.15) is 22.7 Å². The molecule has 0 radical (unpaired) electrons. The molecule has 0 amide bonds. The Balaban J connectivity index is -0.000000732. The van der Waals surface area contributed by atoms with Crippen LogP contribution in [0.15, 0.2) is 51.1 Å². The van der Waals surface area contributed by atoms with Crippen LogP contribution in [0.2, 0.25) is 0 Å². The smallest absolute Gasteiger partial charge is 1.00 e. The molecule has 0 aromatic heterocycles. The average molecular weight is 921 g/mol. The van der Waals surface area contributed by atoms with Gasteiger partial charge in [0.25, 0.3) is 19.2 Å². The van der Waals surface area contributed by atoms with Gasteiger partial charge >= 0.3 is 73.4 Å². The molecule has 3 rings (SSSR count). The summed E-state index contributed by atoms with van der Waals surface area (Å²) < 4.78 is 88.1. The van der Waals surface area contributed by atoms with Gasteiger partial charge in [-0.05, 0) is 137 Å². The Hall–Kier alpha value is -1.78. The molecule has 0 bridgehead atoms. The van der Waals surface area contributed by atoms with E-state index in [1.165, 1.54) is 0 Å². The summed E-state index contributed by atoms with van der Waals surface area (Å²) in [7, 11) is -6.10. The number of nitrogens with two attached hydrogens (primary N) is 1. The van der Waals surface area contributed by atoms with E-state index >= 15 is 0 Å². The van der Waals surface area contributed by atoms with Crippen molar-refractivity contribution in [3.8, 4) is 0 Å². The summed E-state index contributed by atoms with van der Waals surface area (Å²) in [6.07, 6.45) is 0. The largest absolute Gasteiger partial charge is 1.00 e. The van der Waals surface area contributed by atoms with E-state index in [2.05, 4.69) is 4.28 Å². The van der Waals surface area contributed by atoms with Crippen molar-refractivity contribution in [3.05, 3.63) is 86.5 Å². The first-order valence-electron chi connectivity index (χ1n) is 17.3. The van der Waals surface area contributed by atoms with Gasteiger partial charge in [-0.15, -0.1) is 0 Å². The summed E-state index contributed by atoms with van der Waals surface area (Å²) >= 11 is 0. The fraction of sp³-hybridized carbons (Fsp3) is 0.487. The van der Waals surface area contributed by atoms with Crippen LogP contribution in [0.4, 0.5) is 0 Å². The van der Waals surface area contributed by atoms with Gasteiger partial charge in [0.2, 0.25) is 0 Å². The molecule has 0 saturated carbocycles. The number of ether oxygens (including phenoxy) is 2. The van der Waals surface area contributed by atoms with Crippen LogP contribution in [0.1, 0.15) is 93.0 Å². The number of carbonyl (C=O) groups is 2. The van der Waals surface area contributed by atoms with Gasteiger partial charge in [-0.25, -0.2) is 18.0 Å². The minimum atomic E-state index is -3.99. The predicted molar refractivity (Wildman–Crippen MR) is 220 cm³/mol. The molecule has 0 aliphatic carbocycles. The molecule has 0 spiro atoms. The number of carbonyl (C=O) groups excluding carboxylic acids is 2. The standard InChI is InChI=1S/C15H22O5S.C9H11ClO2S.C9H13NO3S.C6H12O3.K.H/c1-10-7-11(2)14(12(3)8-10)21(17,18)19-9-13(16)20-15(4,5)6;1-6-4-7(2)9(8(3)5-6)13(10,11)12;1-6-4-7(2)9(8(3)5-6)14(11,12)13-10;1-6(2,3)9-5(8)4-7;;/h7-8H,9H2,1-6H3;4-5H,1-3H3;4-5H,10H2,1-3H3;7H,4H2,1-3H3;;/q;;;;+1;-1. The van der Waals surface area contributed by atoms with Crippen LogP contribution >= 0.6 is 10.7 Å². The molecule has 0 aliphatic heterocycles. The molecule has 324 valence electrons. The predicted octanol–water partition coefficient (Wildman–Crippen LogP) is 3.83. The van der Waals surface area contributed by atoms with E-state index in [4.69, 9.17) is 35.3 Å². The summed E-state index contributed by atoms with van der Waals surface area (Å²) in [6.45, 7) is 25.2. The Morgan fingerprint density at radius 1 is 0.586 bits per heavy atom. The van der Waals surface area contributed by atoms with Crippen molar-refractivity contribution < 1.29 is 111 Å². The van der Waals surface area contributed by atoms with Crippen molar-refractivity contribution in [2.75, 3.05) is 13.2 Å². The van der Waals surface area contributed by atoms with Gasteiger partial charge in [0.15, 0.2) is 6.61 Å². The zero-order valence-electron chi connectivity index (χ0n) is 37.4. The summed E-state index contributed by atoms with van der Waals surface area (Å²) in [5, 5.41) is 8.22. The summed E-state index contributed by atoms with van der Waals surface area (Å²) in [5.41, 5.74) is 5.74. The topological polar surface area (TPSA) is 220 Å². The van der Waals surface area contributed by atoms with Crippen LogP contribution in [0.25, 0.3) is 0 Å². The van der Waals surface area contributed by atoms with E-state index < -0.39 is 65.6 Å². The number of rotatable bonds is 8. The zero-order valence-corrected chi connectivity index (χ0v) is 42.7. The van der Waals surface area contributed by atoms with Crippen LogP contribution in [0.5, 0.6) is 0 Å². The molecule has 19 heteroatoms. The summed E-state index contributed by atoms with van der Waals surface area (Å²) in [6, 6.07) is 10.7. The molecule has 0 saturated heterocycles. The fourth-order valence-corrected chi connectivity index (χ4v) is 9.55. The van der Waals surface area contributed by atoms with Crippen LogP contribution in [-0.2, 0) is 56.8 Å². The average Bonchev–Trinajstić information content (AvgIpc) is 2.97. The van der Waals surface area contributed by atoms with Crippen molar-refractivity contribution in [3.63, 3.8) is 0 Å². The van der Waals surface area contributed by atoms with E-state index in [9.17, 15) is 34.8 Å². The molecule has 3 N–H and O–H groups in total. The number of halogens is 1. The molecule has 58 heavy (non-hydrogen) atoms. The number of aliphatic hydroxyl groups is 1. The zero-order chi connectivity index (χ0) is 45.1. The van der Waals surface area contributed by atoms with Crippen molar-refractivity contribution in [1.29, 1.82) is 0 Å². The Kier molecular flexibility index (Phi) is 24.1. The Labute approximate surface area is 394 Å². The minimum Gasteiger partial charge on any atom is -1.00 e. The Bertz CT molecular complexity index is 2170. The molecular weight excluding hydrogens is 861 g/mol. The Morgan fingerprint density at radius 3 is 1.10 bits per heavy atom. The van der Waals surface area contributed by atoms with Gasteiger partial charge in [-0.3, -0.25) is 4.18 Å². The van der Waals surface area contributed by atoms with Crippen LogP contribution < -0.4 is 57.3 Å². The van der Waals surface area contributed by atoms with E-state index in [-0.39, 0.29) is 67.5 Å². The summed E-state index contributed by atoms with van der Waals surface area (Å²) in [5.74, 6) is 3.43. The van der Waals surface area contributed by atoms with Gasteiger partial charge in [0.05, 0.1) is 9.79 Å². The van der Waals surface area contributed by atoms with E-state index in [0.29, 0.717) is 33.4 Å². The molecule has 0 fully saturated rings. The van der Waals surface area contributed by atoms with Crippen LogP contribution in [0, 0.1) is 62.3 Å². The van der Waals surface area contributed by atoms with Gasteiger partial charge in [0, 0.05) is 10.7 Å². The quantitative estimate of drug-likeness (QED) is 0.108. The molecule has 0 unspecified atom stereocenters. The van der Waals surface area contributed by atoms with Crippen molar-refractivity contribution >= 4 is 51.9 Å². The number of aliphatic hydroxyl groups excluding tert-OH is 1. The molecule has 3 aromatic carbocycles. The maximum Gasteiger partial charge on any atom is 1.00 e. The maximum atomic E-state index is 12.2. The number of hydrogen-bond donors (Lipinski definition) is 2. The third-order valence-corrected chi connectivity index (χ3v) is 11.5. The van der Waals surface area contributed by atoms with Crippen LogP contribution in [0.3, 0.4) is 0 Å². The first-order valence-corrected chi connectivity index (χ1v) is 22.5. The first-order chi connectivity index (χ1) is 25.6.